The number of phenols is 1. The normalized spacial score (nSPS) is 10.4. The molecule has 0 aliphatic carbocycles. The van der Waals surface area contributed by atoms with Crippen molar-refractivity contribution < 1.29 is 15.0 Å². The first kappa shape index (κ1) is 14.1. The maximum Gasteiger partial charge on any atom is 0.307 e. The van der Waals surface area contributed by atoms with E-state index >= 15 is 0 Å². The monoisotopic (exact) mass is 271 g/mol. The van der Waals surface area contributed by atoms with E-state index in [4.69, 9.17) is 5.11 Å². The van der Waals surface area contributed by atoms with Crippen molar-refractivity contribution in [2.24, 2.45) is 0 Å². The molecule has 0 spiro atoms. The van der Waals surface area contributed by atoms with Crippen LogP contribution < -0.4 is 5.32 Å². The van der Waals surface area contributed by atoms with Gasteiger partial charge in [0, 0.05) is 18.7 Å². The van der Waals surface area contributed by atoms with Gasteiger partial charge in [-0.25, -0.2) is 0 Å². The number of carboxylic acids is 1. The Kier molecular flexibility index (Phi) is 4.74. The number of benzene rings is 2. The van der Waals surface area contributed by atoms with Crippen LogP contribution in [-0.4, -0.2) is 16.2 Å². The summed E-state index contributed by atoms with van der Waals surface area (Å²) in [5.41, 5.74) is 2.73. The van der Waals surface area contributed by atoms with Gasteiger partial charge >= 0.3 is 5.97 Å². The molecule has 4 heteroatoms. The van der Waals surface area contributed by atoms with E-state index in [1.807, 2.05) is 36.4 Å². The maximum atomic E-state index is 10.6. The molecule has 0 radical (unpaired) electrons. The molecule has 0 aromatic heterocycles. The molecular weight excluding hydrogens is 254 g/mol. The number of hydrogen-bond donors (Lipinski definition) is 3. The number of aromatic hydroxyl groups is 1. The van der Waals surface area contributed by atoms with Crippen molar-refractivity contribution in [3.63, 3.8) is 0 Å². The first-order chi connectivity index (χ1) is 9.65. The number of nitrogens with one attached hydrogen (secondary N) is 1. The zero-order valence-electron chi connectivity index (χ0n) is 11.0. The molecule has 0 heterocycles. The van der Waals surface area contributed by atoms with Gasteiger partial charge in [0.1, 0.15) is 5.75 Å². The predicted molar refractivity (Wildman–Crippen MR) is 76.4 cm³/mol. The summed E-state index contributed by atoms with van der Waals surface area (Å²) in [6.07, 6.45) is 0.0472. The van der Waals surface area contributed by atoms with Gasteiger partial charge in [-0.05, 0) is 17.2 Å². The lowest BCUT2D eigenvalue weighted by atomic mass is 10.1. The third-order valence-corrected chi connectivity index (χ3v) is 3.01. The van der Waals surface area contributed by atoms with Crippen molar-refractivity contribution in [1.29, 1.82) is 0 Å². The third kappa shape index (κ3) is 4.10. The highest BCUT2D eigenvalue weighted by Gasteiger charge is 2.01. The molecule has 0 aliphatic rings. The van der Waals surface area contributed by atoms with Crippen molar-refractivity contribution >= 4 is 5.97 Å². The zero-order chi connectivity index (χ0) is 14.4. The fraction of sp³-hybridized carbons (Fsp3) is 0.188. The number of phenolic OH excluding ortho intramolecular Hbond substituents is 1. The van der Waals surface area contributed by atoms with Crippen LogP contribution in [0.5, 0.6) is 5.75 Å². The Labute approximate surface area is 117 Å². The van der Waals surface area contributed by atoms with Crippen LogP contribution in [-0.2, 0) is 24.3 Å². The van der Waals surface area contributed by atoms with Gasteiger partial charge in [-0.1, -0.05) is 42.5 Å². The highest BCUT2D eigenvalue weighted by Crippen LogP contribution is 2.15. The maximum absolute atomic E-state index is 10.6. The summed E-state index contributed by atoms with van der Waals surface area (Å²) < 4.78 is 0. The molecule has 2 rings (SSSR count). The van der Waals surface area contributed by atoms with Gasteiger partial charge in [-0.2, -0.15) is 0 Å². The highest BCUT2D eigenvalue weighted by atomic mass is 16.4. The van der Waals surface area contributed by atoms with E-state index in [-0.39, 0.29) is 12.2 Å². The lowest BCUT2D eigenvalue weighted by Gasteiger charge is -2.07. The molecule has 0 unspecified atom stereocenters. The van der Waals surface area contributed by atoms with Gasteiger partial charge in [0.15, 0.2) is 0 Å². The molecule has 104 valence electrons. The highest BCUT2D eigenvalue weighted by molar-refractivity contribution is 5.70. The summed E-state index contributed by atoms with van der Waals surface area (Å²) in [5.74, 6) is -0.535. The van der Waals surface area contributed by atoms with Crippen molar-refractivity contribution in [3.8, 4) is 5.75 Å². The standard InChI is InChI=1S/C16H17NO3/c18-15-4-2-1-3-14(15)11-17-10-13-7-5-12(6-8-13)9-16(19)20/h1-8,17-18H,9-11H2,(H,19,20). The molecule has 0 fully saturated rings. The lowest BCUT2D eigenvalue weighted by Crippen LogP contribution is -2.12. The minimum atomic E-state index is -0.824. The number of carbonyl (C=O) groups is 1. The Morgan fingerprint density at radius 3 is 2.25 bits per heavy atom. The summed E-state index contributed by atoms with van der Waals surface area (Å²) in [7, 11) is 0. The summed E-state index contributed by atoms with van der Waals surface area (Å²) in [6, 6.07) is 14.7. The third-order valence-electron chi connectivity index (χ3n) is 3.01. The van der Waals surface area contributed by atoms with E-state index in [1.54, 1.807) is 12.1 Å². The first-order valence-electron chi connectivity index (χ1n) is 6.42. The first-order valence-corrected chi connectivity index (χ1v) is 6.42. The van der Waals surface area contributed by atoms with Crippen LogP contribution in [0, 0.1) is 0 Å². The minimum Gasteiger partial charge on any atom is -0.508 e. The Morgan fingerprint density at radius 1 is 0.950 bits per heavy atom. The molecule has 0 amide bonds. The molecule has 20 heavy (non-hydrogen) atoms. The van der Waals surface area contributed by atoms with Gasteiger partial charge in [0.25, 0.3) is 0 Å². The van der Waals surface area contributed by atoms with Crippen molar-refractivity contribution in [1.82, 2.24) is 5.32 Å². The van der Waals surface area contributed by atoms with E-state index in [9.17, 15) is 9.90 Å². The summed E-state index contributed by atoms with van der Waals surface area (Å²) in [6.45, 7) is 1.26. The van der Waals surface area contributed by atoms with E-state index < -0.39 is 5.97 Å². The quantitative estimate of drug-likeness (QED) is 0.754. The lowest BCUT2D eigenvalue weighted by molar-refractivity contribution is -0.136. The molecule has 2 aromatic carbocycles. The van der Waals surface area contributed by atoms with E-state index in [2.05, 4.69) is 5.32 Å². The van der Waals surface area contributed by atoms with Crippen LogP contribution in [0.25, 0.3) is 0 Å². The molecule has 4 nitrogen and oxygen atoms in total. The second kappa shape index (κ2) is 6.73. The van der Waals surface area contributed by atoms with Gasteiger partial charge in [0.2, 0.25) is 0 Å². The Bertz CT molecular complexity index is 579. The number of para-hydroxylation sites is 1. The largest absolute Gasteiger partial charge is 0.508 e. The molecule has 0 saturated heterocycles. The Balaban J connectivity index is 1.85. The van der Waals surface area contributed by atoms with E-state index in [0.717, 1.165) is 16.7 Å². The average Bonchev–Trinajstić information content (AvgIpc) is 2.42. The Morgan fingerprint density at radius 2 is 1.60 bits per heavy atom. The number of rotatable bonds is 6. The molecule has 0 bridgehead atoms. The number of hydrogen-bond acceptors (Lipinski definition) is 3. The number of aliphatic carboxylic acids is 1. The van der Waals surface area contributed by atoms with Gasteiger partial charge in [0.05, 0.1) is 6.42 Å². The van der Waals surface area contributed by atoms with Crippen molar-refractivity contribution in [3.05, 3.63) is 65.2 Å². The van der Waals surface area contributed by atoms with E-state index in [0.29, 0.717) is 13.1 Å². The minimum absolute atomic E-state index is 0.0472. The van der Waals surface area contributed by atoms with Crippen LogP contribution in [0.3, 0.4) is 0 Å². The summed E-state index contributed by atoms with van der Waals surface area (Å²) in [4.78, 5) is 10.6. The van der Waals surface area contributed by atoms with Crippen LogP contribution in [0.4, 0.5) is 0 Å². The van der Waals surface area contributed by atoms with Crippen LogP contribution in [0.1, 0.15) is 16.7 Å². The smallest absolute Gasteiger partial charge is 0.307 e. The number of carboxylic acid groups (broad SMARTS) is 1. The second-order valence-electron chi connectivity index (χ2n) is 4.62. The van der Waals surface area contributed by atoms with Crippen LogP contribution in [0.2, 0.25) is 0 Å². The van der Waals surface area contributed by atoms with Gasteiger partial charge in [-0.15, -0.1) is 0 Å². The SMILES string of the molecule is O=C(O)Cc1ccc(CNCc2ccccc2O)cc1. The average molecular weight is 271 g/mol. The Hall–Kier alpha value is -2.33. The second-order valence-corrected chi connectivity index (χ2v) is 4.62. The molecule has 0 saturated carbocycles. The fourth-order valence-electron chi connectivity index (χ4n) is 1.95. The van der Waals surface area contributed by atoms with Gasteiger partial charge in [-0.3, -0.25) is 4.79 Å². The van der Waals surface area contributed by atoms with Crippen molar-refractivity contribution in [2.75, 3.05) is 0 Å². The molecule has 0 atom stereocenters. The van der Waals surface area contributed by atoms with Crippen molar-refractivity contribution in [2.45, 2.75) is 19.5 Å². The molecule has 2 aromatic rings. The molecule has 0 aliphatic heterocycles. The topological polar surface area (TPSA) is 69.6 Å². The van der Waals surface area contributed by atoms with Crippen LogP contribution in [0.15, 0.2) is 48.5 Å². The van der Waals surface area contributed by atoms with E-state index in [1.165, 1.54) is 0 Å². The van der Waals surface area contributed by atoms with Crippen LogP contribution >= 0.6 is 0 Å². The molecule has 3 N–H and O–H groups in total. The zero-order valence-corrected chi connectivity index (χ0v) is 11.0. The fourth-order valence-corrected chi connectivity index (χ4v) is 1.95. The van der Waals surface area contributed by atoms with Gasteiger partial charge < -0.3 is 15.5 Å². The summed E-state index contributed by atoms with van der Waals surface area (Å²) >= 11 is 0. The predicted octanol–water partition coefficient (Wildman–Crippen LogP) is 2.31. The molecular formula is C16H17NO3. The summed E-state index contributed by atoms with van der Waals surface area (Å²) in [5, 5.41) is 21.6.